The van der Waals surface area contributed by atoms with Crippen LogP contribution in [0.2, 0.25) is 0 Å². The first-order valence-corrected chi connectivity index (χ1v) is 6.96. The zero-order chi connectivity index (χ0) is 15.4. The summed E-state index contributed by atoms with van der Waals surface area (Å²) in [4.78, 5) is 24.3. The molecule has 21 heavy (non-hydrogen) atoms. The smallest absolute Gasteiger partial charge is 0.311 e. The lowest BCUT2D eigenvalue weighted by molar-refractivity contribution is -0.385. The summed E-state index contributed by atoms with van der Waals surface area (Å²) in [6, 6.07) is 4.82. The summed E-state index contributed by atoms with van der Waals surface area (Å²) in [5.74, 6) is -0.0467. The van der Waals surface area contributed by atoms with Crippen molar-refractivity contribution in [3.05, 3.63) is 33.9 Å². The number of hydrogen-bond acceptors (Lipinski definition) is 5. The van der Waals surface area contributed by atoms with E-state index in [0.717, 1.165) is 12.8 Å². The van der Waals surface area contributed by atoms with Gasteiger partial charge in [-0.15, -0.1) is 0 Å². The third kappa shape index (κ3) is 3.69. The molecule has 1 aromatic rings. The normalized spacial score (nSPS) is 13.8. The van der Waals surface area contributed by atoms with Crippen LogP contribution in [0.5, 0.6) is 5.75 Å². The van der Waals surface area contributed by atoms with Gasteiger partial charge in [-0.05, 0) is 31.4 Å². The van der Waals surface area contributed by atoms with Crippen LogP contribution in [0.15, 0.2) is 18.2 Å². The number of amides is 1. The summed E-state index contributed by atoms with van der Waals surface area (Å²) in [6.07, 6.45) is 2.04. The Bertz CT molecular complexity index is 543. The van der Waals surface area contributed by atoms with Gasteiger partial charge in [0.05, 0.1) is 4.92 Å². The first-order valence-electron chi connectivity index (χ1n) is 6.96. The fourth-order valence-corrected chi connectivity index (χ4v) is 2.20. The maximum Gasteiger partial charge on any atom is 0.311 e. The molecule has 114 valence electrons. The molecule has 1 aliphatic carbocycles. The molecule has 0 heterocycles. The largest absolute Gasteiger partial charge is 0.477 e. The van der Waals surface area contributed by atoms with Crippen molar-refractivity contribution in [2.45, 2.75) is 32.4 Å². The predicted molar refractivity (Wildman–Crippen MR) is 76.9 cm³/mol. The summed E-state index contributed by atoms with van der Waals surface area (Å²) in [5.41, 5.74) is 5.95. The highest BCUT2D eigenvalue weighted by Gasteiger charge is 2.31. The van der Waals surface area contributed by atoms with Crippen LogP contribution >= 0.6 is 0 Å². The van der Waals surface area contributed by atoms with Crippen LogP contribution in [-0.2, 0) is 11.3 Å². The van der Waals surface area contributed by atoms with Gasteiger partial charge in [0.2, 0.25) is 0 Å². The van der Waals surface area contributed by atoms with Gasteiger partial charge >= 0.3 is 5.69 Å². The molecule has 1 saturated carbocycles. The Morgan fingerprint density at radius 2 is 2.24 bits per heavy atom. The monoisotopic (exact) mass is 293 g/mol. The van der Waals surface area contributed by atoms with E-state index in [1.165, 1.54) is 12.1 Å². The molecule has 1 aliphatic rings. The van der Waals surface area contributed by atoms with E-state index in [0.29, 0.717) is 18.2 Å². The molecule has 1 amide bonds. The second-order valence-corrected chi connectivity index (χ2v) is 4.96. The summed E-state index contributed by atoms with van der Waals surface area (Å²) in [6.45, 7) is 2.56. The van der Waals surface area contributed by atoms with E-state index in [-0.39, 0.29) is 30.5 Å². The van der Waals surface area contributed by atoms with E-state index in [2.05, 4.69) is 0 Å². The van der Waals surface area contributed by atoms with Crippen molar-refractivity contribution < 1.29 is 14.5 Å². The zero-order valence-electron chi connectivity index (χ0n) is 11.9. The minimum absolute atomic E-state index is 0.0948. The number of likely N-dealkylation sites (N-methyl/N-ethyl adjacent to an activating group) is 1. The van der Waals surface area contributed by atoms with Gasteiger partial charge in [-0.25, -0.2) is 0 Å². The van der Waals surface area contributed by atoms with Crippen molar-refractivity contribution >= 4 is 11.6 Å². The second-order valence-electron chi connectivity index (χ2n) is 4.96. The van der Waals surface area contributed by atoms with Crippen LogP contribution in [0, 0.1) is 10.1 Å². The number of nitrogens with two attached hydrogens (primary N) is 1. The number of nitro benzene ring substituents is 1. The van der Waals surface area contributed by atoms with Gasteiger partial charge in [-0.1, -0.05) is 6.07 Å². The van der Waals surface area contributed by atoms with Crippen LogP contribution in [0.1, 0.15) is 25.3 Å². The molecule has 2 rings (SSSR count). The van der Waals surface area contributed by atoms with Gasteiger partial charge in [0.1, 0.15) is 0 Å². The Balaban J connectivity index is 2.05. The summed E-state index contributed by atoms with van der Waals surface area (Å²) in [7, 11) is 0. The molecular weight excluding hydrogens is 274 g/mol. The van der Waals surface area contributed by atoms with Crippen LogP contribution in [0.25, 0.3) is 0 Å². The number of ether oxygens (including phenoxy) is 1. The van der Waals surface area contributed by atoms with E-state index in [1.807, 2.05) is 6.92 Å². The van der Waals surface area contributed by atoms with Gasteiger partial charge in [-0.3, -0.25) is 14.9 Å². The van der Waals surface area contributed by atoms with E-state index in [4.69, 9.17) is 10.5 Å². The summed E-state index contributed by atoms with van der Waals surface area (Å²) < 4.78 is 5.35. The topological polar surface area (TPSA) is 98.7 Å². The Labute approximate surface area is 122 Å². The lowest BCUT2D eigenvalue weighted by Gasteiger charge is -2.20. The van der Waals surface area contributed by atoms with E-state index in [1.54, 1.807) is 11.0 Å². The maximum atomic E-state index is 12.0. The number of rotatable bonds is 7. The van der Waals surface area contributed by atoms with Crippen molar-refractivity contribution in [3.8, 4) is 5.75 Å². The van der Waals surface area contributed by atoms with E-state index in [9.17, 15) is 14.9 Å². The summed E-state index contributed by atoms with van der Waals surface area (Å²) in [5, 5.41) is 11.0. The molecule has 0 radical (unpaired) electrons. The van der Waals surface area contributed by atoms with E-state index >= 15 is 0 Å². The van der Waals surface area contributed by atoms with Crippen LogP contribution in [-0.4, -0.2) is 34.9 Å². The van der Waals surface area contributed by atoms with E-state index < -0.39 is 4.92 Å². The van der Waals surface area contributed by atoms with Crippen LogP contribution in [0.4, 0.5) is 5.69 Å². The number of nitrogens with zero attached hydrogens (tertiary/aromatic N) is 2. The van der Waals surface area contributed by atoms with Crippen molar-refractivity contribution in [3.63, 3.8) is 0 Å². The number of hydrogen-bond donors (Lipinski definition) is 1. The number of benzene rings is 1. The lowest BCUT2D eigenvalue weighted by atomic mass is 10.2. The Morgan fingerprint density at radius 1 is 1.52 bits per heavy atom. The molecule has 0 aromatic heterocycles. The van der Waals surface area contributed by atoms with Crippen molar-refractivity contribution in [1.82, 2.24) is 4.90 Å². The molecule has 0 saturated heterocycles. The van der Waals surface area contributed by atoms with Gasteiger partial charge in [0.15, 0.2) is 12.4 Å². The van der Waals surface area contributed by atoms with Crippen molar-refractivity contribution in [2.24, 2.45) is 5.73 Å². The minimum atomic E-state index is -0.530. The molecule has 1 aromatic carbocycles. The third-order valence-corrected chi connectivity index (χ3v) is 3.46. The maximum absolute atomic E-state index is 12.0. The number of carbonyl (C=O) groups excluding carboxylic acids is 1. The first-order chi connectivity index (χ1) is 10.1. The van der Waals surface area contributed by atoms with Gasteiger partial charge in [0.25, 0.3) is 5.91 Å². The fourth-order valence-electron chi connectivity index (χ4n) is 2.20. The molecule has 0 unspecified atom stereocenters. The molecular formula is C14H19N3O4. The molecule has 7 nitrogen and oxygen atoms in total. The molecule has 0 atom stereocenters. The van der Waals surface area contributed by atoms with Crippen molar-refractivity contribution in [2.75, 3.05) is 13.2 Å². The minimum Gasteiger partial charge on any atom is -0.477 e. The van der Waals surface area contributed by atoms with Crippen molar-refractivity contribution in [1.29, 1.82) is 0 Å². The quantitative estimate of drug-likeness (QED) is 0.606. The predicted octanol–water partition coefficient (Wildman–Crippen LogP) is 1.44. The Morgan fingerprint density at radius 3 is 2.76 bits per heavy atom. The molecule has 2 N–H and O–H groups in total. The average molecular weight is 293 g/mol. The highest BCUT2D eigenvalue weighted by atomic mass is 16.6. The second kappa shape index (κ2) is 6.53. The highest BCUT2D eigenvalue weighted by Crippen LogP contribution is 2.29. The number of carbonyl (C=O) groups is 1. The first kappa shape index (κ1) is 15.2. The Hall–Kier alpha value is -2.15. The molecule has 0 aliphatic heterocycles. The highest BCUT2D eigenvalue weighted by molar-refractivity contribution is 5.78. The third-order valence-electron chi connectivity index (χ3n) is 3.46. The molecule has 0 bridgehead atoms. The SMILES string of the molecule is CCN(C(=O)COc1ccc(CN)cc1[N+](=O)[O-])C1CC1. The van der Waals surface area contributed by atoms with Gasteiger partial charge < -0.3 is 15.4 Å². The molecule has 1 fully saturated rings. The van der Waals surface area contributed by atoms with Gasteiger partial charge in [0, 0.05) is 25.2 Å². The number of nitro groups is 1. The Kier molecular flexibility index (Phi) is 4.74. The van der Waals surface area contributed by atoms with Crippen LogP contribution in [0.3, 0.4) is 0 Å². The van der Waals surface area contributed by atoms with Gasteiger partial charge in [-0.2, -0.15) is 0 Å². The standard InChI is InChI=1S/C14H19N3O4/c1-2-16(11-4-5-11)14(18)9-21-13-6-3-10(8-15)7-12(13)17(19)20/h3,6-7,11H,2,4-5,8-9,15H2,1H3. The fraction of sp³-hybridized carbons (Fsp3) is 0.500. The van der Waals surface area contributed by atoms with Crippen LogP contribution < -0.4 is 10.5 Å². The zero-order valence-corrected chi connectivity index (χ0v) is 11.9. The average Bonchev–Trinajstić information content (AvgIpc) is 3.30. The summed E-state index contributed by atoms with van der Waals surface area (Å²) >= 11 is 0. The molecule has 0 spiro atoms. The molecule has 7 heteroatoms. The lowest BCUT2D eigenvalue weighted by Crippen LogP contribution is -2.36.